The molecule has 2 N–H and O–H groups in total. The van der Waals surface area contributed by atoms with Gasteiger partial charge in [0, 0.05) is 28.0 Å². The molecular weight excluding hydrogens is 483 g/mol. The molecule has 0 amide bonds. The molecule has 172 valence electrons. The van der Waals surface area contributed by atoms with Crippen LogP contribution in [0.1, 0.15) is 17.3 Å². The lowest BCUT2D eigenvalue weighted by molar-refractivity contribution is 0.747. The summed E-state index contributed by atoms with van der Waals surface area (Å²) >= 11 is 12.6. The van der Waals surface area contributed by atoms with Crippen LogP contribution in [-0.2, 0) is 7.05 Å². The fourth-order valence-corrected chi connectivity index (χ4v) is 4.76. The van der Waals surface area contributed by atoms with Gasteiger partial charge in [-0.3, -0.25) is 0 Å². The maximum Gasteiger partial charge on any atom is 0.274 e. The maximum absolute atomic E-state index is 6.85. The second-order valence-electron chi connectivity index (χ2n) is 8.20. The average Bonchev–Trinajstić information content (AvgIpc) is 3.52. The number of fused-ring (bicyclic) bond motifs is 3. The molecule has 0 aliphatic heterocycles. The predicted molar refractivity (Wildman–Crippen MR) is 136 cm³/mol. The van der Waals surface area contributed by atoms with Crippen LogP contribution in [0.4, 0.5) is 0 Å². The smallest absolute Gasteiger partial charge is 0.274 e. The van der Waals surface area contributed by atoms with E-state index in [9.17, 15) is 0 Å². The molecule has 3 aromatic carbocycles. The minimum absolute atomic E-state index is 0.387. The number of nitrogens with two attached hydrogens (primary N) is 1. The van der Waals surface area contributed by atoms with E-state index in [4.69, 9.17) is 33.9 Å². The van der Waals surface area contributed by atoms with Crippen molar-refractivity contribution in [2.24, 2.45) is 12.8 Å². The highest BCUT2D eigenvalue weighted by molar-refractivity contribution is 6.31. The first-order valence-electron chi connectivity index (χ1n) is 10.8. The number of aromatic nitrogens is 7. The van der Waals surface area contributed by atoms with Gasteiger partial charge in [0.15, 0.2) is 0 Å². The van der Waals surface area contributed by atoms with Gasteiger partial charge in [-0.05, 0) is 57.4 Å². The number of benzene rings is 3. The van der Waals surface area contributed by atoms with Crippen molar-refractivity contribution in [1.82, 2.24) is 34.6 Å². The Morgan fingerprint density at radius 1 is 0.943 bits per heavy atom. The molecule has 6 aromatic rings. The van der Waals surface area contributed by atoms with E-state index in [0.29, 0.717) is 21.5 Å². The van der Waals surface area contributed by atoms with Gasteiger partial charge in [0.05, 0.1) is 35.5 Å². The summed E-state index contributed by atoms with van der Waals surface area (Å²) in [5.41, 5.74) is 12.8. The Balaban J connectivity index is 1.78. The summed E-state index contributed by atoms with van der Waals surface area (Å²) in [5.74, 6) is 0.387. The number of hydrogen-bond donors (Lipinski definition) is 1. The van der Waals surface area contributed by atoms with Gasteiger partial charge in [-0.15, -0.1) is 0 Å². The van der Waals surface area contributed by atoms with Gasteiger partial charge in [-0.1, -0.05) is 58.6 Å². The molecule has 6 rings (SSSR count). The summed E-state index contributed by atoms with van der Waals surface area (Å²) < 4.78 is 3.54. The van der Waals surface area contributed by atoms with E-state index >= 15 is 0 Å². The Hall–Kier alpha value is -3.85. The van der Waals surface area contributed by atoms with E-state index in [2.05, 4.69) is 20.5 Å². The van der Waals surface area contributed by atoms with Crippen LogP contribution in [0, 0.1) is 0 Å². The normalized spacial score (nSPS) is 12.5. The molecule has 0 radical (unpaired) electrons. The second-order valence-corrected chi connectivity index (χ2v) is 9.07. The number of halogens is 2. The zero-order chi connectivity index (χ0) is 24.1. The van der Waals surface area contributed by atoms with Crippen LogP contribution in [-0.4, -0.2) is 34.6 Å². The van der Waals surface area contributed by atoms with Crippen molar-refractivity contribution in [2.75, 3.05) is 0 Å². The molecular formula is C25H18Cl2N8. The van der Waals surface area contributed by atoms with Crippen molar-refractivity contribution < 1.29 is 0 Å². The van der Waals surface area contributed by atoms with Crippen molar-refractivity contribution in [3.8, 4) is 22.4 Å². The van der Waals surface area contributed by atoms with E-state index in [1.807, 2.05) is 72.3 Å². The molecule has 0 fully saturated rings. The van der Waals surface area contributed by atoms with E-state index < -0.39 is 6.04 Å². The lowest BCUT2D eigenvalue weighted by atomic mass is 9.88. The van der Waals surface area contributed by atoms with Crippen LogP contribution in [0.15, 0.2) is 73.2 Å². The fraction of sp³-hybridized carbons (Fsp3) is 0.0800. The van der Waals surface area contributed by atoms with E-state index in [-0.39, 0.29) is 0 Å². The SMILES string of the molecule is Cn1cncc1C(N)c1ccc2c(c(-c3cccc(Cl)c3)nc3nnnn32)c1-c1ccc(Cl)cc1. The number of hydrogen-bond acceptors (Lipinski definition) is 6. The topological polar surface area (TPSA) is 99.8 Å². The Morgan fingerprint density at radius 3 is 2.51 bits per heavy atom. The minimum Gasteiger partial charge on any atom is -0.336 e. The highest BCUT2D eigenvalue weighted by Gasteiger charge is 2.24. The first-order valence-corrected chi connectivity index (χ1v) is 11.6. The maximum atomic E-state index is 6.85. The summed E-state index contributed by atoms with van der Waals surface area (Å²) in [4.78, 5) is 9.10. The largest absolute Gasteiger partial charge is 0.336 e. The molecule has 1 atom stereocenters. The summed E-state index contributed by atoms with van der Waals surface area (Å²) in [7, 11) is 1.93. The van der Waals surface area contributed by atoms with Gasteiger partial charge < -0.3 is 10.3 Å². The Bertz CT molecular complexity index is 1700. The third kappa shape index (κ3) is 3.63. The number of aryl methyl sites for hydroxylation is 1. The van der Waals surface area contributed by atoms with E-state index in [0.717, 1.165) is 38.9 Å². The van der Waals surface area contributed by atoms with Crippen LogP contribution < -0.4 is 5.73 Å². The van der Waals surface area contributed by atoms with Gasteiger partial charge >= 0.3 is 0 Å². The molecule has 10 heteroatoms. The predicted octanol–water partition coefficient (Wildman–Crippen LogP) is 5.09. The van der Waals surface area contributed by atoms with Crippen LogP contribution in [0.25, 0.3) is 39.1 Å². The third-order valence-electron chi connectivity index (χ3n) is 6.08. The fourth-order valence-electron chi connectivity index (χ4n) is 4.45. The number of nitrogens with zero attached hydrogens (tertiary/aromatic N) is 7. The van der Waals surface area contributed by atoms with Gasteiger partial charge in [0.1, 0.15) is 0 Å². The lowest BCUT2D eigenvalue weighted by Gasteiger charge is -2.21. The Morgan fingerprint density at radius 2 is 1.77 bits per heavy atom. The first-order chi connectivity index (χ1) is 17.0. The first kappa shape index (κ1) is 21.7. The Kier molecular flexibility index (Phi) is 5.21. The highest BCUT2D eigenvalue weighted by Crippen LogP contribution is 2.41. The summed E-state index contributed by atoms with van der Waals surface area (Å²) in [6.07, 6.45) is 3.52. The number of rotatable bonds is 4. The average molecular weight is 501 g/mol. The molecule has 0 saturated heterocycles. The number of imidazole rings is 1. The van der Waals surface area contributed by atoms with Gasteiger partial charge in [0.25, 0.3) is 5.78 Å². The van der Waals surface area contributed by atoms with Gasteiger partial charge in [0.2, 0.25) is 0 Å². The van der Waals surface area contributed by atoms with Gasteiger partial charge in [-0.2, -0.15) is 4.52 Å². The molecule has 8 nitrogen and oxygen atoms in total. The molecule has 0 aliphatic carbocycles. The minimum atomic E-state index is -0.450. The van der Waals surface area contributed by atoms with Crippen LogP contribution >= 0.6 is 23.2 Å². The zero-order valence-corrected chi connectivity index (χ0v) is 20.0. The molecule has 0 spiro atoms. The quantitative estimate of drug-likeness (QED) is 0.361. The molecule has 0 aliphatic rings. The monoisotopic (exact) mass is 500 g/mol. The molecule has 0 saturated carbocycles. The van der Waals surface area contributed by atoms with E-state index in [1.54, 1.807) is 17.0 Å². The van der Waals surface area contributed by atoms with Crippen LogP contribution in [0.2, 0.25) is 10.0 Å². The molecule has 3 heterocycles. The standard InChI is InChI=1S/C25H18Cl2N8/c1-34-13-29-12-20(34)23(28)18-9-10-19-22(21(18)14-5-7-16(26)8-6-14)24(15-3-2-4-17(27)11-15)30-25-31-32-33-35(19)25/h2-13,23H,28H2,1H3. The van der Waals surface area contributed by atoms with Gasteiger partial charge in [-0.25, -0.2) is 9.97 Å². The van der Waals surface area contributed by atoms with Crippen LogP contribution in [0.3, 0.4) is 0 Å². The molecule has 3 aromatic heterocycles. The highest BCUT2D eigenvalue weighted by atomic mass is 35.5. The van der Waals surface area contributed by atoms with Crippen molar-refractivity contribution in [2.45, 2.75) is 6.04 Å². The van der Waals surface area contributed by atoms with Crippen molar-refractivity contribution >= 4 is 39.9 Å². The lowest BCUT2D eigenvalue weighted by Crippen LogP contribution is -2.17. The van der Waals surface area contributed by atoms with Crippen molar-refractivity contribution in [3.63, 3.8) is 0 Å². The zero-order valence-electron chi connectivity index (χ0n) is 18.5. The molecule has 0 bridgehead atoms. The van der Waals surface area contributed by atoms with Crippen LogP contribution in [0.5, 0.6) is 0 Å². The van der Waals surface area contributed by atoms with E-state index in [1.165, 1.54) is 0 Å². The molecule has 1 unspecified atom stereocenters. The van der Waals surface area contributed by atoms with Crippen molar-refractivity contribution in [3.05, 3.63) is 94.5 Å². The Labute approximate surface area is 210 Å². The summed E-state index contributed by atoms with van der Waals surface area (Å²) in [6.45, 7) is 0. The summed E-state index contributed by atoms with van der Waals surface area (Å²) in [5, 5.41) is 14.2. The second kappa shape index (κ2) is 8.42. The van der Waals surface area contributed by atoms with Crippen molar-refractivity contribution in [1.29, 1.82) is 0 Å². The third-order valence-corrected chi connectivity index (χ3v) is 6.57. The molecule has 35 heavy (non-hydrogen) atoms. The number of tetrazole rings is 1. The summed E-state index contributed by atoms with van der Waals surface area (Å²) in [6, 6.07) is 18.8.